The summed E-state index contributed by atoms with van der Waals surface area (Å²) in [6, 6.07) is 13.7. The van der Waals surface area contributed by atoms with Gasteiger partial charge in [0.1, 0.15) is 22.1 Å². The minimum atomic E-state index is -0.506. The van der Waals surface area contributed by atoms with Crippen molar-refractivity contribution in [1.82, 2.24) is 0 Å². The second kappa shape index (κ2) is 9.12. The fourth-order valence-electron chi connectivity index (χ4n) is 3.90. The number of hydrogen-bond donors (Lipinski definition) is 1. The van der Waals surface area contributed by atoms with Crippen molar-refractivity contribution in [2.24, 2.45) is 5.92 Å². The number of methoxy groups -OCH3 is 1. The number of carbonyl (C=O) groups is 2. The number of aryl methyl sites for hydroxylation is 1. The number of benzene rings is 2. The van der Waals surface area contributed by atoms with Crippen molar-refractivity contribution in [3.05, 3.63) is 70.4 Å². The van der Waals surface area contributed by atoms with E-state index in [2.05, 4.69) is 5.32 Å². The number of nitrogens with one attached hydrogen (secondary N) is 1. The number of esters is 1. The lowest BCUT2D eigenvalue weighted by molar-refractivity contribution is -0.117. The summed E-state index contributed by atoms with van der Waals surface area (Å²) in [6.45, 7) is 3.82. The van der Waals surface area contributed by atoms with Gasteiger partial charge in [-0.15, -0.1) is 11.3 Å². The summed E-state index contributed by atoms with van der Waals surface area (Å²) in [5.41, 5.74) is 2.76. The van der Waals surface area contributed by atoms with Crippen LogP contribution in [0.2, 0.25) is 0 Å². The molecule has 1 aliphatic rings. The Morgan fingerprint density at radius 2 is 1.81 bits per heavy atom. The molecule has 7 heteroatoms. The molecule has 0 radical (unpaired) electrons. The van der Waals surface area contributed by atoms with Gasteiger partial charge < -0.3 is 14.8 Å². The topological polar surface area (TPSA) is 64.6 Å². The predicted molar refractivity (Wildman–Crippen MR) is 123 cm³/mol. The zero-order chi connectivity index (χ0) is 22.8. The molecule has 4 rings (SSSR count). The quantitative estimate of drug-likeness (QED) is 0.460. The summed E-state index contributed by atoms with van der Waals surface area (Å²) in [4.78, 5) is 26.6. The van der Waals surface area contributed by atoms with Gasteiger partial charge in [0.15, 0.2) is 0 Å². The molecule has 3 aromatic rings. The minimum Gasteiger partial charge on any atom is -0.497 e. The highest BCUT2D eigenvalue weighted by atomic mass is 32.1. The highest BCUT2D eigenvalue weighted by Gasteiger charge is 2.44. The highest BCUT2D eigenvalue weighted by Crippen LogP contribution is 2.49. The average molecular weight is 454 g/mol. The van der Waals surface area contributed by atoms with E-state index < -0.39 is 5.97 Å². The van der Waals surface area contributed by atoms with Crippen LogP contribution in [0.25, 0.3) is 11.1 Å². The molecule has 1 fully saturated rings. The minimum absolute atomic E-state index is 0.122. The van der Waals surface area contributed by atoms with Gasteiger partial charge in [0, 0.05) is 16.4 Å². The number of amides is 1. The maximum absolute atomic E-state index is 13.4. The number of thiophene rings is 1. The van der Waals surface area contributed by atoms with Crippen LogP contribution in [-0.2, 0) is 9.53 Å². The van der Waals surface area contributed by atoms with Crippen LogP contribution in [0, 0.1) is 18.7 Å². The van der Waals surface area contributed by atoms with Crippen molar-refractivity contribution in [2.75, 3.05) is 19.0 Å². The molecule has 32 heavy (non-hydrogen) atoms. The lowest BCUT2D eigenvalue weighted by Crippen LogP contribution is -2.16. The molecule has 1 aliphatic carbocycles. The average Bonchev–Trinajstić information content (AvgIpc) is 3.52. The van der Waals surface area contributed by atoms with E-state index in [1.165, 1.54) is 23.5 Å². The Bertz CT molecular complexity index is 1140. The lowest BCUT2D eigenvalue weighted by Gasteiger charge is -2.09. The van der Waals surface area contributed by atoms with Crippen LogP contribution >= 0.6 is 11.3 Å². The van der Waals surface area contributed by atoms with E-state index in [-0.39, 0.29) is 30.2 Å². The molecule has 0 aliphatic heterocycles. The molecule has 2 atom stereocenters. The van der Waals surface area contributed by atoms with Gasteiger partial charge in [-0.25, -0.2) is 9.18 Å². The summed E-state index contributed by atoms with van der Waals surface area (Å²) in [5.74, 6) is -0.222. The molecular formula is C25H24FNO4S. The Balaban J connectivity index is 1.59. The van der Waals surface area contributed by atoms with Gasteiger partial charge in [-0.2, -0.15) is 0 Å². The van der Waals surface area contributed by atoms with Gasteiger partial charge in [0.05, 0.1) is 13.7 Å². The van der Waals surface area contributed by atoms with Crippen LogP contribution in [0.4, 0.5) is 9.39 Å². The van der Waals surface area contributed by atoms with E-state index in [9.17, 15) is 14.0 Å². The van der Waals surface area contributed by atoms with Crippen molar-refractivity contribution < 1.29 is 23.5 Å². The summed E-state index contributed by atoms with van der Waals surface area (Å²) < 4.78 is 23.9. The van der Waals surface area contributed by atoms with E-state index in [0.717, 1.165) is 22.6 Å². The molecule has 1 N–H and O–H groups in total. The maximum Gasteiger partial charge on any atom is 0.341 e. The molecule has 0 spiro atoms. The number of halogens is 1. The molecule has 1 amide bonds. The van der Waals surface area contributed by atoms with Crippen LogP contribution in [-0.4, -0.2) is 25.6 Å². The standard InChI is InChI=1S/C25H24FNO4S/c1-4-31-25(29)22-21(16-5-9-17(26)10-6-16)14(2)32-24(22)27-23(28)20-13-19(20)15-7-11-18(30-3)12-8-15/h5-12,19-20H,4,13H2,1-3H3,(H,27,28). The van der Waals surface area contributed by atoms with Gasteiger partial charge >= 0.3 is 5.97 Å². The van der Waals surface area contributed by atoms with Crippen molar-refractivity contribution in [3.8, 4) is 16.9 Å². The Morgan fingerprint density at radius 1 is 1.12 bits per heavy atom. The Morgan fingerprint density at radius 3 is 2.44 bits per heavy atom. The molecular weight excluding hydrogens is 429 g/mol. The SMILES string of the molecule is CCOC(=O)c1c(NC(=O)C2CC2c2ccc(OC)cc2)sc(C)c1-c1ccc(F)cc1. The fourth-order valence-corrected chi connectivity index (χ4v) is 4.97. The van der Waals surface area contributed by atoms with Crippen LogP contribution in [0.15, 0.2) is 48.5 Å². The number of hydrogen-bond acceptors (Lipinski definition) is 5. The maximum atomic E-state index is 13.4. The van der Waals surface area contributed by atoms with Gasteiger partial charge in [0.25, 0.3) is 0 Å². The van der Waals surface area contributed by atoms with E-state index in [1.54, 1.807) is 26.2 Å². The van der Waals surface area contributed by atoms with Crippen LogP contribution in [0.1, 0.15) is 40.1 Å². The van der Waals surface area contributed by atoms with Gasteiger partial charge in [0.2, 0.25) is 5.91 Å². The van der Waals surface area contributed by atoms with Crippen molar-refractivity contribution >= 4 is 28.2 Å². The smallest absolute Gasteiger partial charge is 0.341 e. The molecule has 1 heterocycles. The number of carbonyl (C=O) groups excluding carboxylic acids is 2. The molecule has 5 nitrogen and oxygen atoms in total. The van der Waals surface area contributed by atoms with E-state index in [0.29, 0.717) is 21.7 Å². The van der Waals surface area contributed by atoms with Crippen LogP contribution < -0.4 is 10.1 Å². The molecule has 0 saturated heterocycles. The number of ether oxygens (including phenoxy) is 2. The Hall–Kier alpha value is -3.19. The second-order valence-electron chi connectivity index (χ2n) is 7.68. The molecule has 1 aromatic heterocycles. The number of anilines is 1. The van der Waals surface area contributed by atoms with Gasteiger partial charge in [-0.05, 0) is 61.6 Å². The first-order chi connectivity index (χ1) is 15.4. The third kappa shape index (κ3) is 4.39. The highest BCUT2D eigenvalue weighted by molar-refractivity contribution is 7.17. The van der Waals surface area contributed by atoms with Crippen molar-refractivity contribution in [2.45, 2.75) is 26.2 Å². The Labute approximate surface area is 190 Å². The second-order valence-corrected chi connectivity index (χ2v) is 8.90. The van der Waals surface area contributed by atoms with Crippen LogP contribution in [0.3, 0.4) is 0 Å². The van der Waals surface area contributed by atoms with E-state index in [4.69, 9.17) is 9.47 Å². The monoisotopic (exact) mass is 453 g/mol. The summed E-state index contributed by atoms with van der Waals surface area (Å²) in [5, 5.41) is 3.42. The lowest BCUT2D eigenvalue weighted by atomic mass is 10.0. The largest absolute Gasteiger partial charge is 0.497 e. The molecule has 166 valence electrons. The summed E-state index contributed by atoms with van der Waals surface area (Å²) >= 11 is 1.33. The molecule has 2 aromatic carbocycles. The Kier molecular flexibility index (Phi) is 6.28. The predicted octanol–water partition coefficient (Wildman–Crippen LogP) is 5.79. The molecule has 1 saturated carbocycles. The van der Waals surface area contributed by atoms with Crippen molar-refractivity contribution in [1.29, 1.82) is 0 Å². The number of rotatable bonds is 7. The van der Waals surface area contributed by atoms with E-state index >= 15 is 0 Å². The fraction of sp³-hybridized carbons (Fsp3) is 0.280. The summed E-state index contributed by atoms with van der Waals surface area (Å²) in [7, 11) is 1.62. The molecule has 0 bridgehead atoms. The first-order valence-corrected chi connectivity index (χ1v) is 11.3. The van der Waals surface area contributed by atoms with E-state index in [1.807, 2.05) is 31.2 Å². The normalized spacial score (nSPS) is 17.0. The molecule has 2 unspecified atom stereocenters. The van der Waals surface area contributed by atoms with Crippen molar-refractivity contribution in [3.63, 3.8) is 0 Å². The van der Waals surface area contributed by atoms with Gasteiger partial charge in [-0.3, -0.25) is 4.79 Å². The van der Waals surface area contributed by atoms with Crippen LogP contribution in [0.5, 0.6) is 5.75 Å². The zero-order valence-electron chi connectivity index (χ0n) is 18.1. The first kappa shape index (κ1) is 22.0. The van der Waals surface area contributed by atoms with Gasteiger partial charge in [-0.1, -0.05) is 24.3 Å². The third-order valence-corrected chi connectivity index (χ3v) is 6.63. The third-order valence-electron chi connectivity index (χ3n) is 5.60. The first-order valence-electron chi connectivity index (χ1n) is 10.4. The summed E-state index contributed by atoms with van der Waals surface area (Å²) in [6.07, 6.45) is 0.752. The zero-order valence-corrected chi connectivity index (χ0v) is 18.9.